The van der Waals surface area contributed by atoms with Crippen LogP contribution in [0.15, 0.2) is 133 Å². The molecule has 0 heterocycles. The lowest BCUT2D eigenvalue weighted by Crippen LogP contribution is -1.98. The minimum atomic E-state index is 0.526. The standard InChI is InChI=1S/C39H28/c1-25-12-11-15-27(22-25)39-33-21-10-9-20-32(33)38(26-13-3-2-4-14-26)36-23-34-30-18-7-5-16-28(30)29-17-6-8-19-31(29)35(34)24-37(36)39/h2-11,13-25H,12H2,1H3. The molecule has 0 aromatic heterocycles. The lowest BCUT2D eigenvalue weighted by Gasteiger charge is -2.22. The van der Waals surface area contributed by atoms with Gasteiger partial charge in [0.1, 0.15) is 0 Å². The summed E-state index contributed by atoms with van der Waals surface area (Å²) in [5.41, 5.74) is 5.26. The molecule has 0 spiro atoms. The smallest absolute Gasteiger partial charge is 0.00261 e. The lowest BCUT2D eigenvalue weighted by atomic mass is 9.82. The maximum Gasteiger partial charge on any atom is -0.00261 e. The second-order valence-electron chi connectivity index (χ2n) is 10.9. The van der Waals surface area contributed by atoms with Crippen LogP contribution in [0.4, 0.5) is 0 Å². The van der Waals surface area contributed by atoms with Crippen LogP contribution in [0.2, 0.25) is 0 Å². The number of hydrogen-bond acceptors (Lipinski definition) is 0. The molecule has 8 rings (SSSR count). The highest BCUT2D eigenvalue weighted by molar-refractivity contribution is 6.30. The molecule has 0 fully saturated rings. The van der Waals surface area contributed by atoms with Gasteiger partial charge in [0.05, 0.1) is 0 Å². The molecule has 184 valence electrons. The Morgan fingerprint density at radius 1 is 0.462 bits per heavy atom. The minimum Gasteiger partial charge on any atom is -0.0834 e. The minimum absolute atomic E-state index is 0.526. The summed E-state index contributed by atoms with van der Waals surface area (Å²) in [5, 5.41) is 13.2. The second-order valence-corrected chi connectivity index (χ2v) is 10.9. The van der Waals surface area contributed by atoms with Crippen molar-refractivity contribution in [1.29, 1.82) is 0 Å². The van der Waals surface area contributed by atoms with Crippen LogP contribution in [0.3, 0.4) is 0 Å². The van der Waals surface area contributed by atoms with Gasteiger partial charge in [-0.1, -0.05) is 128 Å². The average Bonchev–Trinajstić information content (AvgIpc) is 2.99. The summed E-state index contributed by atoms with van der Waals surface area (Å²) >= 11 is 0. The van der Waals surface area contributed by atoms with E-state index in [0.717, 1.165) is 6.42 Å². The summed E-state index contributed by atoms with van der Waals surface area (Å²) in [5.74, 6) is 0.526. The topological polar surface area (TPSA) is 0 Å². The van der Waals surface area contributed by atoms with E-state index in [4.69, 9.17) is 0 Å². The number of fused-ring (bicyclic) bond motifs is 8. The van der Waals surface area contributed by atoms with Crippen molar-refractivity contribution >= 4 is 59.4 Å². The zero-order valence-electron chi connectivity index (χ0n) is 22.0. The zero-order chi connectivity index (χ0) is 25.9. The highest BCUT2D eigenvalue weighted by Crippen LogP contribution is 2.46. The molecule has 1 aliphatic rings. The molecule has 0 amide bonds. The van der Waals surface area contributed by atoms with Gasteiger partial charge in [-0.25, -0.2) is 0 Å². The SMILES string of the molecule is CC1C=C(c2c3ccccc3c(-c3ccccc3)c3cc4c5ccccc5c5ccccc5c4cc23)C=CC1. The fourth-order valence-corrected chi connectivity index (χ4v) is 6.81. The Labute approximate surface area is 228 Å². The molecule has 0 heteroatoms. The van der Waals surface area contributed by atoms with E-state index in [2.05, 4.69) is 140 Å². The third-order valence-electron chi connectivity index (χ3n) is 8.51. The molecule has 1 aliphatic carbocycles. The summed E-state index contributed by atoms with van der Waals surface area (Å²) in [6.07, 6.45) is 8.24. The summed E-state index contributed by atoms with van der Waals surface area (Å²) < 4.78 is 0. The molecule has 0 bridgehead atoms. The first-order valence-electron chi connectivity index (χ1n) is 13.9. The highest BCUT2D eigenvalue weighted by Gasteiger charge is 2.20. The molecule has 7 aromatic carbocycles. The van der Waals surface area contributed by atoms with Crippen molar-refractivity contribution in [3.63, 3.8) is 0 Å². The van der Waals surface area contributed by atoms with Crippen LogP contribution in [-0.2, 0) is 0 Å². The first kappa shape index (κ1) is 22.3. The van der Waals surface area contributed by atoms with Crippen molar-refractivity contribution in [3.8, 4) is 11.1 Å². The van der Waals surface area contributed by atoms with Gasteiger partial charge in [0.2, 0.25) is 0 Å². The monoisotopic (exact) mass is 496 g/mol. The van der Waals surface area contributed by atoms with Crippen molar-refractivity contribution in [3.05, 3.63) is 139 Å². The van der Waals surface area contributed by atoms with Gasteiger partial charge in [-0.3, -0.25) is 0 Å². The molecule has 1 atom stereocenters. The molecular weight excluding hydrogens is 468 g/mol. The first-order chi connectivity index (χ1) is 19.3. The summed E-state index contributed by atoms with van der Waals surface area (Å²) in [7, 11) is 0. The molecular formula is C39H28. The van der Waals surface area contributed by atoms with E-state index in [1.165, 1.54) is 76.1 Å². The Bertz CT molecular complexity index is 2140. The zero-order valence-corrected chi connectivity index (χ0v) is 22.0. The van der Waals surface area contributed by atoms with Crippen molar-refractivity contribution < 1.29 is 0 Å². The lowest BCUT2D eigenvalue weighted by molar-refractivity contribution is 0.740. The van der Waals surface area contributed by atoms with Crippen LogP contribution < -0.4 is 0 Å². The van der Waals surface area contributed by atoms with E-state index in [1.54, 1.807) is 0 Å². The molecule has 0 aliphatic heterocycles. The van der Waals surface area contributed by atoms with E-state index in [-0.39, 0.29) is 0 Å². The van der Waals surface area contributed by atoms with Gasteiger partial charge in [-0.15, -0.1) is 0 Å². The third-order valence-corrected chi connectivity index (χ3v) is 8.51. The predicted molar refractivity (Wildman–Crippen MR) is 170 cm³/mol. The second kappa shape index (κ2) is 8.68. The normalized spacial score (nSPS) is 15.5. The Morgan fingerprint density at radius 3 is 1.49 bits per heavy atom. The molecule has 7 aromatic rings. The maximum atomic E-state index is 2.49. The summed E-state index contributed by atoms with van der Waals surface area (Å²) in [6.45, 7) is 2.32. The molecule has 0 N–H and O–H groups in total. The summed E-state index contributed by atoms with van der Waals surface area (Å²) in [4.78, 5) is 0. The maximum absolute atomic E-state index is 2.49. The fourth-order valence-electron chi connectivity index (χ4n) is 6.81. The number of allylic oxidation sites excluding steroid dienone is 4. The Hall–Kier alpha value is -4.68. The molecule has 39 heavy (non-hydrogen) atoms. The van der Waals surface area contributed by atoms with Crippen molar-refractivity contribution in [2.75, 3.05) is 0 Å². The van der Waals surface area contributed by atoms with Gasteiger partial charge in [0, 0.05) is 0 Å². The molecule has 0 saturated heterocycles. The fraction of sp³-hybridized carbons (Fsp3) is 0.0769. The highest BCUT2D eigenvalue weighted by atomic mass is 14.2. The molecule has 0 nitrogen and oxygen atoms in total. The van der Waals surface area contributed by atoms with E-state index in [1.807, 2.05) is 0 Å². The van der Waals surface area contributed by atoms with Crippen LogP contribution in [0.1, 0.15) is 18.9 Å². The Morgan fingerprint density at radius 2 is 0.923 bits per heavy atom. The van der Waals surface area contributed by atoms with Crippen molar-refractivity contribution in [2.45, 2.75) is 13.3 Å². The number of benzene rings is 7. The van der Waals surface area contributed by atoms with Crippen LogP contribution >= 0.6 is 0 Å². The quantitative estimate of drug-likeness (QED) is 0.165. The number of hydrogen-bond donors (Lipinski definition) is 0. The van der Waals surface area contributed by atoms with Crippen LogP contribution in [0.25, 0.3) is 70.6 Å². The van der Waals surface area contributed by atoms with Crippen LogP contribution in [-0.4, -0.2) is 0 Å². The van der Waals surface area contributed by atoms with Gasteiger partial charge in [-0.2, -0.15) is 0 Å². The van der Waals surface area contributed by atoms with Crippen molar-refractivity contribution in [2.24, 2.45) is 5.92 Å². The predicted octanol–water partition coefficient (Wildman–Crippen LogP) is 11.1. The largest absolute Gasteiger partial charge is 0.0834 e. The third kappa shape index (κ3) is 3.38. The van der Waals surface area contributed by atoms with Gasteiger partial charge >= 0.3 is 0 Å². The van der Waals surface area contributed by atoms with Gasteiger partial charge in [0.25, 0.3) is 0 Å². The van der Waals surface area contributed by atoms with Crippen LogP contribution in [0, 0.1) is 5.92 Å². The van der Waals surface area contributed by atoms with E-state index in [9.17, 15) is 0 Å². The summed E-state index contributed by atoms with van der Waals surface area (Å²) in [6, 6.07) is 42.7. The molecule has 1 unspecified atom stereocenters. The van der Waals surface area contributed by atoms with E-state index in [0.29, 0.717) is 5.92 Å². The Kier molecular flexibility index (Phi) is 4.97. The van der Waals surface area contributed by atoms with E-state index < -0.39 is 0 Å². The van der Waals surface area contributed by atoms with Gasteiger partial charge in [-0.05, 0) is 101 Å². The van der Waals surface area contributed by atoms with Gasteiger partial charge < -0.3 is 0 Å². The van der Waals surface area contributed by atoms with E-state index >= 15 is 0 Å². The average molecular weight is 497 g/mol. The molecule has 0 radical (unpaired) electrons. The van der Waals surface area contributed by atoms with Crippen LogP contribution in [0.5, 0.6) is 0 Å². The number of rotatable bonds is 2. The first-order valence-corrected chi connectivity index (χ1v) is 13.9. The molecule has 0 saturated carbocycles. The van der Waals surface area contributed by atoms with Gasteiger partial charge in [0.15, 0.2) is 0 Å². The Balaban J connectivity index is 1.66. The van der Waals surface area contributed by atoms with Crippen molar-refractivity contribution in [1.82, 2.24) is 0 Å².